The highest BCUT2D eigenvalue weighted by atomic mass is 19.1. The standard InChI is InChI=1S/C24H17F/c1-12-3-7-17-13(2)21-18-8-6-14-4-5-15-11-20(25)23(24(18)22(14)15)19(21)10-16(17)9-12/h3,6-11H,4-5H2,1-2H3. The van der Waals surface area contributed by atoms with Crippen LogP contribution < -0.4 is 0 Å². The van der Waals surface area contributed by atoms with E-state index in [1.54, 1.807) is 6.07 Å². The predicted molar refractivity (Wildman–Crippen MR) is 103 cm³/mol. The smallest absolute Gasteiger partial charge is 0.131 e. The Morgan fingerprint density at radius 1 is 0.760 bits per heavy atom. The van der Waals surface area contributed by atoms with E-state index >= 15 is 4.39 Å². The molecular formula is C24H17F. The van der Waals surface area contributed by atoms with E-state index in [4.69, 9.17) is 0 Å². The Bertz CT molecular complexity index is 1260. The molecular weight excluding hydrogens is 307 g/mol. The second kappa shape index (κ2) is 4.29. The van der Waals surface area contributed by atoms with Crippen LogP contribution >= 0.6 is 0 Å². The molecule has 0 N–H and O–H groups in total. The van der Waals surface area contributed by atoms with Gasteiger partial charge in [-0.2, -0.15) is 0 Å². The maximum atomic E-state index is 15.1. The van der Waals surface area contributed by atoms with Crippen molar-refractivity contribution >= 4 is 21.5 Å². The van der Waals surface area contributed by atoms with E-state index in [1.165, 1.54) is 49.5 Å². The third-order valence-electron chi connectivity index (χ3n) is 6.16. The third kappa shape index (κ3) is 1.52. The van der Waals surface area contributed by atoms with Gasteiger partial charge in [0, 0.05) is 10.9 Å². The van der Waals surface area contributed by atoms with Crippen molar-refractivity contribution in [2.24, 2.45) is 0 Å². The largest absolute Gasteiger partial charge is 0.206 e. The third-order valence-corrected chi connectivity index (χ3v) is 6.16. The van der Waals surface area contributed by atoms with Crippen molar-refractivity contribution in [3.05, 3.63) is 70.5 Å². The Labute approximate surface area is 145 Å². The molecule has 4 aromatic rings. The zero-order valence-corrected chi connectivity index (χ0v) is 14.3. The monoisotopic (exact) mass is 324 g/mol. The molecule has 120 valence electrons. The van der Waals surface area contributed by atoms with E-state index in [9.17, 15) is 0 Å². The molecule has 0 aliphatic heterocycles. The van der Waals surface area contributed by atoms with Crippen LogP contribution in [-0.2, 0) is 12.8 Å². The summed E-state index contributed by atoms with van der Waals surface area (Å²) in [6.45, 7) is 4.29. The topological polar surface area (TPSA) is 0 Å². The maximum absolute atomic E-state index is 15.1. The van der Waals surface area contributed by atoms with Gasteiger partial charge in [-0.3, -0.25) is 0 Å². The highest BCUT2D eigenvalue weighted by Gasteiger charge is 2.30. The number of fused-ring (bicyclic) bond motifs is 4. The van der Waals surface area contributed by atoms with Gasteiger partial charge in [-0.1, -0.05) is 35.9 Å². The summed E-state index contributed by atoms with van der Waals surface area (Å²) in [4.78, 5) is 0. The van der Waals surface area contributed by atoms with E-state index in [2.05, 4.69) is 50.2 Å². The summed E-state index contributed by atoms with van der Waals surface area (Å²) >= 11 is 0. The summed E-state index contributed by atoms with van der Waals surface area (Å²) in [7, 11) is 0. The van der Waals surface area contributed by atoms with Crippen molar-refractivity contribution in [1.82, 2.24) is 0 Å². The summed E-state index contributed by atoms with van der Waals surface area (Å²) in [5.74, 6) is -0.0621. The molecule has 4 aromatic carbocycles. The minimum absolute atomic E-state index is 0.0621. The van der Waals surface area contributed by atoms with Crippen LogP contribution in [0.2, 0.25) is 0 Å². The second-order valence-electron chi connectivity index (χ2n) is 7.56. The predicted octanol–water partition coefficient (Wildman–Crippen LogP) is 6.49. The van der Waals surface area contributed by atoms with Crippen LogP contribution in [0, 0.1) is 19.7 Å². The van der Waals surface area contributed by atoms with Crippen LogP contribution in [0.3, 0.4) is 0 Å². The van der Waals surface area contributed by atoms with Crippen LogP contribution in [0.5, 0.6) is 0 Å². The number of benzene rings is 4. The van der Waals surface area contributed by atoms with Gasteiger partial charge in [-0.25, -0.2) is 4.39 Å². The van der Waals surface area contributed by atoms with Crippen molar-refractivity contribution in [2.75, 3.05) is 0 Å². The summed E-state index contributed by atoms with van der Waals surface area (Å²) in [6.07, 6.45) is 1.99. The molecule has 2 aliphatic rings. The van der Waals surface area contributed by atoms with Crippen molar-refractivity contribution in [1.29, 1.82) is 0 Å². The molecule has 0 saturated carbocycles. The van der Waals surface area contributed by atoms with E-state index in [0.717, 1.165) is 29.4 Å². The molecule has 6 rings (SSSR count). The van der Waals surface area contributed by atoms with Crippen molar-refractivity contribution in [3.63, 3.8) is 0 Å². The first kappa shape index (κ1) is 13.6. The molecule has 0 radical (unpaired) electrons. The van der Waals surface area contributed by atoms with E-state index in [0.29, 0.717) is 0 Å². The molecule has 0 aromatic heterocycles. The lowest BCUT2D eigenvalue weighted by molar-refractivity contribution is 0.631. The molecule has 0 saturated heterocycles. The fourth-order valence-electron chi connectivity index (χ4n) is 5.09. The first-order valence-electron chi connectivity index (χ1n) is 8.95. The van der Waals surface area contributed by atoms with Crippen molar-refractivity contribution in [2.45, 2.75) is 26.7 Å². The van der Waals surface area contributed by atoms with Crippen molar-refractivity contribution in [3.8, 4) is 22.3 Å². The van der Waals surface area contributed by atoms with Gasteiger partial charge in [-0.05, 0) is 88.4 Å². The number of halogens is 1. The number of rotatable bonds is 0. The van der Waals surface area contributed by atoms with Crippen LogP contribution in [0.15, 0.2) is 42.5 Å². The fourth-order valence-corrected chi connectivity index (χ4v) is 5.09. The first-order chi connectivity index (χ1) is 12.1. The van der Waals surface area contributed by atoms with Gasteiger partial charge in [0.2, 0.25) is 0 Å². The summed E-state index contributed by atoms with van der Waals surface area (Å²) in [5, 5.41) is 4.93. The van der Waals surface area contributed by atoms with Gasteiger partial charge < -0.3 is 0 Å². The average Bonchev–Trinajstić information content (AvgIpc) is 3.13. The second-order valence-corrected chi connectivity index (χ2v) is 7.56. The highest BCUT2D eigenvalue weighted by Crippen LogP contribution is 2.53. The zero-order valence-electron chi connectivity index (χ0n) is 14.3. The van der Waals surface area contributed by atoms with Crippen molar-refractivity contribution < 1.29 is 4.39 Å². The zero-order chi connectivity index (χ0) is 16.9. The van der Waals surface area contributed by atoms with Gasteiger partial charge in [-0.15, -0.1) is 0 Å². The van der Waals surface area contributed by atoms with Gasteiger partial charge in [0.15, 0.2) is 0 Å². The minimum Gasteiger partial charge on any atom is -0.206 e. The van der Waals surface area contributed by atoms with E-state index in [1.807, 2.05) is 0 Å². The first-order valence-corrected chi connectivity index (χ1v) is 8.95. The van der Waals surface area contributed by atoms with Crippen LogP contribution in [-0.4, -0.2) is 0 Å². The highest BCUT2D eigenvalue weighted by molar-refractivity contribution is 6.20. The Hall–Kier alpha value is -2.67. The Kier molecular flexibility index (Phi) is 2.33. The van der Waals surface area contributed by atoms with Gasteiger partial charge >= 0.3 is 0 Å². The number of hydrogen-bond acceptors (Lipinski definition) is 0. The SMILES string of the molecule is Cc1ccc2c(C)c3c(cc2c1)-c1c(F)cc2c4c(ccc-3c14)CC2. The Morgan fingerprint density at radius 3 is 2.48 bits per heavy atom. The lowest BCUT2D eigenvalue weighted by Gasteiger charge is -2.12. The normalized spacial score (nSPS) is 13.9. The maximum Gasteiger partial charge on any atom is 0.131 e. The summed E-state index contributed by atoms with van der Waals surface area (Å²) in [6, 6.07) is 15.0. The summed E-state index contributed by atoms with van der Waals surface area (Å²) < 4.78 is 15.1. The van der Waals surface area contributed by atoms with Crippen LogP contribution in [0.4, 0.5) is 4.39 Å². The number of aryl methyl sites for hydroxylation is 4. The van der Waals surface area contributed by atoms with Gasteiger partial charge in [0.25, 0.3) is 0 Å². The Morgan fingerprint density at radius 2 is 1.60 bits per heavy atom. The molecule has 0 amide bonds. The minimum atomic E-state index is -0.0621. The Balaban J connectivity index is 1.87. The molecule has 0 nitrogen and oxygen atoms in total. The average molecular weight is 324 g/mol. The summed E-state index contributed by atoms with van der Waals surface area (Å²) in [5.41, 5.74) is 9.38. The molecule has 0 fully saturated rings. The quantitative estimate of drug-likeness (QED) is 0.305. The molecule has 1 heteroatoms. The molecule has 0 unspecified atom stereocenters. The van der Waals surface area contributed by atoms with Crippen LogP contribution in [0.25, 0.3) is 43.8 Å². The molecule has 25 heavy (non-hydrogen) atoms. The van der Waals surface area contributed by atoms with Gasteiger partial charge in [0.05, 0.1) is 0 Å². The lowest BCUT2D eigenvalue weighted by Crippen LogP contribution is -1.89. The number of hydrogen-bond donors (Lipinski definition) is 0. The van der Waals surface area contributed by atoms with Crippen LogP contribution in [0.1, 0.15) is 22.3 Å². The molecule has 0 spiro atoms. The lowest BCUT2D eigenvalue weighted by atomic mass is 9.92. The van der Waals surface area contributed by atoms with E-state index < -0.39 is 0 Å². The molecule has 0 atom stereocenters. The molecule has 0 bridgehead atoms. The fraction of sp³-hybridized carbons (Fsp3) is 0.167. The molecule has 2 aliphatic carbocycles. The van der Waals surface area contributed by atoms with Gasteiger partial charge in [0.1, 0.15) is 5.82 Å². The molecule has 0 heterocycles. The van der Waals surface area contributed by atoms with E-state index in [-0.39, 0.29) is 5.82 Å².